The minimum absolute atomic E-state index is 0.133. The van der Waals surface area contributed by atoms with E-state index in [-0.39, 0.29) is 5.91 Å². The Labute approximate surface area is 211 Å². The summed E-state index contributed by atoms with van der Waals surface area (Å²) in [4.78, 5) is 15.1. The molecule has 5 rings (SSSR count). The fraction of sp³-hybridized carbons (Fsp3) is 0.241. The molecule has 0 bridgehead atoms. The lowest BCUT2D eigenvalue weighted by molar-refractivity contribution is 0.102. The Bertz CT molecular complexity index is 1360. The van der Waals surface area contributed by atoms with Crippen molar-refractivity contribution < 1.29 is 9.53 Å². The Morgan fingerprint density at radius 1 is 0.944 bits per heavy atom. The van der Waals surface area contributed by atoms with Crippen molar-refractivity contribution >= 4 is 33.9 Å². The Balaban J connectivity index is 1.26. The van der Waals surface area contributed by atoms with Gasteiger partial charge >= 0.3 is 0 Å². The second kappa shape index (κ2) is 10.7. The summed E-state index contributed by atoms with van der Waals surface area (Å²) in [6.45, 7) is 8.20. The molecule has 1 saturated heterocycles. The molecule has 0 spiro atoms. The number of carbonyl (C=O) groups is 1. The highest BCUT2D eigenvalue weighted by atomic mass is 16.5. The van der Waals surface area contributed by atoms with Crippen LogP contribution in [0.3, 0.4) is 0 Å². The highest BCUT2D eigenvalue weighted by molar-refractivity contribution is 6.05. The van der Waals surface area contributed by atoms with Crippen LogP contribution in [0, 0.1) is 0 Å². The van der Waals surface area contributed by atoms with Gasteiger partial charge in [-0.05, 0) is 80.6 Å². The molecule has 3 aromatic carbocycles. The molecule has 1 aliphatic rings. The third kappa shape index (κ3) is 5.42. The van der Waals surface area contributed by atoms with Gasteiger partial charge in [-0.2, -0.15) is 5.10 Å². The van der Waals surface area contributed by atoms with Crippen LogP contribution in [-0.4, -0.2) is 48.5 Å². The van der Waals surface area contributed by atoms with E-state index in [9.17, 15) is 4.79 Å². The molecule has 4 aromatic rings. The second-order valence-electron chi connectivity index (χ2n) is 9.14. The molecule has 0 radical (unpaired) electrons. The summed E-state index contributed by atoms with van der Waals surface area (Å²) in [5.41, 5.74) is 6.79. The van der Waals surface area contributed by atoms with Gasteiger partial charge in [0, 0.05) is 47.6 Å². The molecule has 2 heterocycles. The SMILES string of the molecule is CC(C)=CCNc1ccc(-n2ncc3cc(NC(=O)c4ccc(N5CCOCC5)cc4)ccc32)cc1. The first kappa shape index (κ1) is 23.6. The van der Waals surface area contributed by atoms with E-state index in [1.807, 2.05) is 65.5 Å². The summed E-state index contributed by atoms with van der Waals surface area (Å²) in [6, 6.07) is 21.8. The fourth-order valence-corrected chi connectivity index (χ4v) is 4.26. The zero-order chi connectivity index (χ0) is 24.9. The molecule has 2 N–H and O–H groups in total. The Hall–Kier alpha value is -4.10. The van der Waals surface area contributed by atoms with Gasteiger partial charge in [0.25, 0.3) is 5.91 Å². The molecular weight excluding hydrogens is 450 g/mol. The summed E-state index contributed by atoms with van der Waals surface area (Å²) >= 11 is 0. The van der Waals surface area contributed by atoms with E-state index in [1.54, 1.807) is 0 Å². The number of benzene rings is 3. The number of aromatic nitrogens is 2. The van der Waals surface area contributed by atoms with Crippen molar-refractivity contribution in [2.24, 2.45) is 0 Å². The van der Waals surface area contributed by atoms with Crippen molar-refractivity contribution in [3.8, 4) is 5.69 Å². The first-order chi connectivity index (χ1) is 17.6. The lowest BCUT2D eigenvalue weighted by Gasteiger charge is -2.28. The second-order valence-corrected chi connectivity index (χ2v) is 9.14. The number of nitrogens with one attached hydrogen (secondary N) is 2. The van der Waals surface area contributed by atoms with E-state index in [4.69, 9.17) is 4.74 Å². The molecule has 1 fully saturated rings. The van der Waals surface area contributed by atoms with Gasteiger partial charge in [0.2, 0.25) is 0 Å². The van der Waals surface area contributed by atoms with Gasteiger partial charge in [0.1, 0.15) is 0 Å². The third-order valence-corrected chi connectivity index (χ3v) is 6.26. The number of amides is 1. The maximum Gasteiger partial charge on any atom is 0.255 e. The number of allylic oxidation sites excluding steroid dienone is 1. The number of carbonyl (C=O) groups excluding carboxylic acids is 1. The van der Waals surface area contributed by atoms with Crippen molar-refractivity contribution in [1.82, 2.24) is 9.78 Å². The minimum Gasteiger partial charge on any atom is -0.382 e. The Kier molecular flexibility index (Phi) is 7.00. The predicted octanol–water partition coefficient (Wildman–Crippen LogP) is 5.49. The normalized spacial score (nSPS) is 13.4. The van der Waals surface area contributed by atoms with Crippen LogP contribution in [0.15, 0.2) is 84.6 Å². The van der Waals surface area contributed by atoms with Crippen LogP contribution in [0.25, 0.3) is 16.6 Å². The number of fused-ring (bicyclic) bond motifs is 1. The standard InChI is InChI=1S/C29H31N5O2/c1-21(2)13-14-30-24-5-10-27(11-6-24)34-28-12-7-25(19-23(28)20-31-34)32-29(35)22-3-8-26(9-4-22)33-15-17-36-18-16-33/h3-13,19-20,30H,14-18H2,1-2H3,(H,32,35). The van der Waals surface area contributed by atoms with E-state index >= 15 is 0 Å². The van der Waals surface area contributed by atoms with Gasteiger partial charge in [-0.1, -0.05) is 11.6 Å². The summed E-state index contributed by atoms with van der Waals surface area (Å²) in [5, 5.41) is 11.9. The molecule has 0 unspecified atom stereocenters. The van der Waals surface area contributed by atoms with Gasteiger partial charge in [-0.25, -0.2) is 4.68 Å². The van der Waals surface area contributed by atoms with E-state index in [1.165, 1.54) is 5.57 Å². The van der Waals surface area contributed by atoms with Crippen LogP contribution in [-0.2, 0) is 4.74 Å². The van der Waals surface area contributed by atoms with E-state index < -0.39 is 0 Å². The van der Waals surface area contributed by atoms with Crippen molar-refractivity contribution in [2.45, 2.75) is 13.8 Å². The number of rotatable bonds is 7. The molecule has 0 saturated carbocycles. The summed E-state index contributed by atoms with van der Waals surface area (Å²) in [5.74, 6) is -0.133. The largest absolute Gasteiger partial charge is 0.382 e. The maximum absolute atomic E-state index is 12.8. The zero-order valence-corrected chi connectivity index (χ0v) is 20.7. The molecule has 1 aliphatic heterocycles. The highest BCUT2D eigenvalue weighted by Gasteiger charge is 2.13. The Morgan fingerprint density at radius 3 is 2.36 bits per heavy atom. The minimum atomic E-state index is -0.133. The lowest BCUT2D eigenvalue weighted by atomic mass is 10.1. The van der Waals surface area contributed by atoms with Crippen LogP contribution in [0.5, 0.6) is 0 Å². The van der Waals surface area contributed by atoms with Gasteiger partial charge < -0.3 is 20.3 Å². The van der Waals surface area contributed by atoms with Crippen molar-refractivity contribution in [3.63, 3.8) is 0 Å². The lowest BCUT2D eigenvalue weighted by Crippen LogP contribution is -2.36. The molecule has 184 valence electrons. The molecule has 0 atom stereocenters. The zero-order valence-electron chi connectivity index (χ0n) is 20.7. The molecule has 7 nitrogen and oxygen atoms in total. The average Bonchev–Trinajstić information content (AvgIpc) is 3.33. The number of ether oxygens (including phenoxy) is 1. The number of morpholine rings is 1. The van der Waals surface area contributed by atoms with Crippen LogP contribution >= 0.6 is 0 Å². The number of hydrogen-bond acceptors (Lipinski definition) is 5. The Morgan fingerprint density at radius 2 is 1.64 bits per heavy atom. The summed E-state index contributed by atoms with van der Waals surface area (Å²) < 4.78 is 7.32. The van der Waals surface area contributed by atoms with Crippen LogP contribution in [0.4, 0.5) is 17.1 Å². The average molecular weight is 482 g/mol. The van der Waals surface area contributed by atoms with E-state index in [2.05, 4.69) is 52.7 Å². The van der Waals surface area contributed by atoms with E-state index in [0.29, 0.717) is 5.56 Å². The maximum atomic E-state index is 12.8. The van der Waals surface area contributed by atoms with Gasteiger partial charge in [0.15, 0.2) is 0 Å². The quantitative estimate of drug-likeness (QED) is 0.342. The van der Waals surface area contributed by atoms with Crippen molar-refractivity contribution in [1.29, 1.82) is 0 Å². The predicted molar refractivity (Wildman–Crippen MR) is 146 cm³/mol. The molecule has 0 aliphatic carbocycles. The van der Waals surface area contributed by atoms with Gasteiger partial charge in [-0.15, -0.1) is 0 Å². The van der Waals surface area contributed by atoms with Gasteiger partial charge in [0.05, 0.1) is 30.6 Å². The smallest absolute Gasteiger partial charge is 0.255 e. The van der Waals surface area contributed by atoms with Crippen LogP contribution in [0.2, 0.25) is 0 Å². The summed E-state index contributed by atoms with van der Waals surface area (Å²) in [7, 11) is 0. The molecular formula is C29H31N5O2. The number of hydrogen-bond donors (Lipinski definition) is 2. The topological polar surface area (TPSA) is 71.4 Å². The third-order valence-electron chi connectivity index (χ3n) is 6.26. The van der Waals surface area contributed by atoms with Crippen LogP contribution < -0.4 is 15.5 Å². The molecule has 1 amide bonds. The van der Waals surface area contributed by atoms with E-state index in [0.717, 1.165) is 66.5 Å². The number of nitrogens with zero attached hydrogens (tertiary/aromatic N) is 3. The van der Waals surface area contributed by atoms with Crippen LogP contribution in [0.1, 0.15) is 24.2 Å². The summed E-state index contributed by atoms with van der Waals surface area (Å²) in [6.07, 6.45) is 3.98. The fourth-order valence-electron chi connectivity index (χ4n) is 4.26. The molecule has 7 heteroatoms. The monoisotopic (exact) mass is 481 g/mol. The number of anilines is 3. The first-order valence-electron chi connectivity index (χ1n) is 12.3. The molecule has 36 heavy (non-hydrogen) atoms. The first-order valence-corrected chi connectivity index (χ1v) is 12.3. The molecule has 1 aromatic heterocycles. The van der Waals surface area contributed by atoms with Gasteiger partial charge in [-0.3, -0.25) is 4.79 Å². The van der Waals surface area contributed by atoms with Crippen molar-refractivity contribution in [3.05, 3.63) is 90.1 Å². The van der Waals surface area contributed by atoms with Crippen molar-refractivity contribution in [2.75, 3.05) is 48.4 Å². The highest BCUT2D eigenvalue weighted by Crippen LogP contribution is 2.24.